The summed E-state index contributed by atoms with van der Waals surface area (Å²) in [5.41, 5.74) is 1.53. The van der Waals surface area contributed by atoms with E-state index in [0.29, 0.717) is 29.9 Å². The summed E-state index contributed by atoms with van der Waals surface area (Å²) < 4.78 is 29.0. The predicted molar refractivity (Wildman–Crippen MR) is 132 cm³/mol. The van der Waals surface area contributed by atoms with E-state index in [4.69, 9.17) is 0 Å². The zero-order chi connectivity index (χ0) is 23.5. The topological polar surface area (TPSA) is 97.2 Å². The standard InChI is InChI=1S/C24H27N5O3S2/c30-22(25-19-11-13-21(14-12-19)34(31,32)28-15-5-2-6-16-28)17-33-24-26-23(18-9-10-18)29(27-24)20-7-3-1-4-8-20/h1,3-4,7-8,11-14,18H,2,5-6,9-10,15-17H2,(H,25,30). The molecule has 0 atom stereocenters. The third-order valence-electron chi connectivity index (χ3n) is 5.98. The lowest BCUT2D eigenvalue weighted by Gasteiger charge is -2.25. The van der Waals surface area contributed by atoms with Crippen LogP contribution in [0.4, 0.5) is 5.69 Å². The van der Waals surface area contributed by atoms with Gasteiger partial charge in [0.05, 0.1) is 16.3 Å². The molecular weight excluding hydrogens is 470 g/mol. The number of carbonyl (C=O) groups is 1. The van der Waals surface area contributed by atoms with Crippen molar-refractivity contribution in [3.05, 3.63) is 60.4 Å². The van der Waals surface area contributed by atoms with Gasteiger partial charge in [0.25, 0.3) is 0 Å². The molecule has 2 fully saturated rings. The van der Waals surface area contributed by atoms with Crippen LogP contribution >= 0.6 is 11.8 Å². The van der Waals surface area contributed by atoms with Crippen LogP contribution in [0.2, 0.25) is 0 Å². The lowest BCUT2D eigenvalue weighted by Crippen LogP contribution is -2.35. The van der Waals surface area contributed by atoms with Crippen molar-refractivity contribution in [1.29, 1.82) is 0 Å². The Balaban J connectivity index is 1.20. The quantitative estimate of drug-likeness (QED) is 0.472. The Hall–Kier alpha value is -2.69. The van der Waals surface area contributed by atoms with Crippen molar-refractivity contribution in [3.63, 3.8) is 0 Å². The highest BCUT2D eigenvalue weighted by atomic mass is 32.2. The van der Waals surface area contributed by atoms with Crippen molar-refractivity contribution >= 4 is 33.4 Å². The van der Waals surface area contributed by atoms with Crippen molar-refractivity contribution < 1.29 is 13.2 Å². The summed E-state index contributed by atoms with van der Waals surface area (Å²) >= 11 is 1.29. The van der Waals surface area contributed by atoms with Gasteiger partial charge in [0.2, 0.25) is 21.1 Å². The minimum absolute atomic E-state index is 0.163. The third kappa shape index (κ3) is 5.18. The fraction of sp³-hybridized carbons (Fsp3) is 0.375. The van der Waals surface area contributed by atoms with Gasteiger partial charge in [-0.25, -0.2) is 18.1 Å². The molecule has 3 aromatic rings. The van der Waals surface area contributed by atoms with Crippen molar-refractivity contribution in [2.75, 3.05) is 24.2 Å². The molecule has 5 rings (SSSR count). The maximum atomic E-state index is 12.8. The molecule has 0 unspecified atom stereocenters. The summed E-state index contributed by atoms with van der Waals surface area (Å²) in [6.07, 6.45) is 5.08. The van der Waals surface area contributed by atoms with Gasteiger partial charge in [-0.05, 0) is 62.1 Å². The van der Waals surface area contributed by atoms with E-state index in [9.17, 15) is 13.2 Å². The monoisotopic (exact) mass is 497 g/mol. The SMILES string of the molecule is O=C(CSc1nc(C2CC2)n(-c2ccccc2)n1)Nc1ccc(S(=O)(=O)N2CCCCC2)cc1. The van der Waals surface area contributed by atoms with Crippen LogP contribution in [-0.2, 0) is 14.8 Å². The predicted octanol–water partition coefficient (Wildman–Crippen LogP) is 4.05. The van der Waals surface area contributed by atoms with Crippen LogP contribution in [0, 0.1) is 0 Å². The Bertz CT molecular complexity index is 1250. The molecular formula is C24H27N5O3S2. The van der Waals surface area contributed by atoms with Crippen LogP contribution in [0.5, 0.6) is 0 Å². The highest BCUT2D eigenvalue weighted by molar-refractivity contribution is 7.99. The largest absolute Gasteiger partial charge is 0.325 e. The second-order valence-corrected chi connectivity index (χ2v) is 11.5. The van der Waals surface area contributed by atoms with Crippen LogP contribution in [0.15, 0.2) is 64.6 Å². The molecule has 1 saturated carbocycles. The van der Waals surface area contributed by atoms with Crippen LogP contribution in [0.1, 0.15) is 43.8 Å². The van der Waals surface area contributed by atoms with Gasteiger partial charge in [-0.15, -0.1) is 5.10 Å². The maximum absolute atomic E-state index is 12.8. The van der Waals surface area contributed by atoms with Gasteiger partial charge in [0.1, 0.15) is 5.82 Å². The second-order valence-electron chi connectivity index (χ2n) is 8.60. The summed E-state index contributed by atoms with van der Waals surface area (Å²) in [4.78, 5) is 17.4. The van der Waals surface area contributed by atoms with E-state index in [0.717, 1.165) is 43.6 Å². The van der Waals surface area contributed by atoms with E-state index in [1.165, 1.54) is 16.1 Å². The lowest BCUT2D eigenvalue weighted by molar-refractivity contribution is -0.113. The number of anilines is 1. The number of rotatable bonds is 8. The second kappa shape index (κ2) is 9.89. The molecule has 1 aromatic heterocycles. The number of hydrogen-bond acceptors (Lipinski definition) is 6. The first-order chi connectivity index (χ1) is 16.5. The number of thioether (sulfide) groups is 1. The smallest absolute Gasteiger partial charge is 0.243 e. The molecule has 2 aliphatic rings. The Labute approximate surface area is 203 Å². The van der Waals surface area contributed by atoms with Gasteiger partial charge in [0.15, 0.2) is 0 Å². The van der Waals surface area contributed by atoms with Crippen molar-refractivity contribution in [3.8, 4) is 5.69 Å². The van der Waals surface area contributed by atoms with Gasteiger partial charge < -0.3 is 5.32 Å². The summed E-state index contributed by atoms with van der Waals surface area (Å²) in [5, 5.41) is 8.02. The number of nitrogens with zero attached hydrogens (tertiary/aromatic N) is 4. The van der Waals surface area contributed by atoms with Crippen molar-refractivity contribution in [1.82, 2.24) is 19.1 Å². The number of nitrogens with one attached hydrogen (secondary N) is 1. The summed E-state index contributed by atoms with van der Waals surface area (Å²) in [6, 6.07) is 16.3. The molecule has 34 heavy (non-hydrogen) atoms. The Morgan fingerprint density at radius 1 is 1.00 bits per heavy atom. The first-order valence-corrected chi connectivity index (χ1v) is 14.0. The molecule has 1 N–H and O–H groups in total. The summed E-state index contributed by atoms with van der Waals surface area (Å²) in [7, 11) is -3.48. The van der Waals surface area contributed by atoms with E-state index in [2.05, 4.69) is 15.4 Å². The number of carbonyl (C=O) groups excluding carboxylic acids is 1. The molecule has 2 heterocycles. The number of para-hydroxylation sites is 1. The molecule has 1 aliphatic carbocycles. The zero-order valence-electron chi connectivity index (χ0n) is 18.8. The average Bonchev–Trinajstić information content (AvgIpc) is 3.63. The first-order valence-electron chi connectivity index (χ1n) is 11.6. The van der Waals surface area contributed by atoms with E-state index >= 15 is 0 Å². The summed E-state index contributed by atoms with van der Waals surface area (Å²) in [5.74, 6) is 1.34. The Kier molecular flexibility index (Phi) is 6.71. The number of amides is 1. The highest BCUT2D eigenvalue weighted by Gasteiger charge is 2.30. The van der Waals surface area contributed by atoms with E-state index in [1.54, 1.807) is 24.3 Å². The van der Waals surface area contributed by atoms with Crippen molar-refractivity contribution in [2.24, 2.45) is 0 Å². The van der Waals surface area contributed by atoms with Gasteiger partial charge in [0, 0.05) is 24.7 Å². The van der Waals surface area contributed by atoms with E-state index < -0.39 is 10.0 Å². The van der Waals surface area contributed by atoms with Crippen LogP contribution in [0.25, 0.3) is 5.69 Å². The highest BCUT2D eigenvalue weighted by Crippen LogP contribution is 2.40. The normalized spacial score (nSPS) is 16.9. The van der Waals surface area contributed by atoms with Gasteiger partial charge in [-0.2, -0.15) is 4.31 Å². The van der Waals surface area contributed by atoms with E-state index in [-0.39, 0.29) is 16.6 Å². The van der Waals surface area contributed by atoms with Crippen molar-refractivity contribution in [2.45, 2.75) is 48.1 Å². The number of piperidine rings is 1. The molecule has 1 aliphatic heterocycles. The molecule has 0 bridgehead atoms. The Morgan fingerprint density at radius 3 is 2.38 bits per heavy atom. The molecule has 0 radical (unpaired) electrons. The molecule has 2 aromatic carbocycles. The van der Waals surface area contributed by atoms with Crippen LogP contribution in [-0.4, -0.2) is 52.2 Å². The Morgan fingerprint density at radius 2 is 1.71 bits per heavy atom. The lowest BCUT2D eigenvalue weighted by atomic mass is 10.2. The van der Waals surface area contributed by atoms with Gasteiger partial charge in [-0.3, -0.25) is 4.79 Å². The van der Waals surface area contributed by atoms with E-state index in [1.807, 2.05) is 35.0 Å². The minimum atomic E-state index is -3.48. The van der Waals surface area contributed by atoms with Crippen LogP contribution < -0.4 is 5.32 Å². The molecule has 0 spiro atoms. The third-order valence-corrected chi connectivity index (χ3v) is 8.73. The van der Waals surface area contributed by atoms with Crippen LogP contribution in [0.3, 0.4) is 0 Å². The average molecular weight is 498 g/mol. The molecule has 8 nitrogen and oxygen atoms in total. The number of hydrogen-bond donors (Lipinski definition) is 1. The molecule has 178 valence electrons. The molecule has 1 amide bonds. The van der Waals surface area contributed by atoms with Gasteiger partial charge >= 0.3 is 0 Å². The summed E-state index contributed by atoms with van der Waals surface area (Å²) in [6.45, 7) is 1.13. The van der Waals surface area contributed by atoms with Gasteiger partial charge in [-0.1, -0.05) is 36.4 Å². The minimum Gasteiger partial charge on any atom is -0.325 e. The number of aromatic nitrogens is 3. The molecule has 10 heteroatoms. The number of sulfonamides is 1. The fourth-order valence-corrected chi connectivity index (χ4v) is 6.17. The molecule has 1 saturated heterocycles. The zero-order valence-corrected chi connectivity index (χ0v) is 20.4. The fourth-order valence-electron chi connectivity index (χ4n) is 4.02. The maximum Gasteiger partial charge on any atom is 0.243 e. The number of benzene rings is 2. The first kappa shape index (κ1) is 23.1.